The number of nitrogens with one attached hydrogen (secondary N) is 2. The van der Waals surface area contributed by atoms with Crippen LogP contribution in [0.15, 0.2) is 57.8 Å². The highest BCUT2D eigenvalue weighted by Crippen LogP contribution is 2.28. The van der Waals surface area contributed by atoms with Gasteiger partial charge in [0.15, 0.2) is 6.10 Å². The number of amides is 1. The first-order valence-corrected chi connectivity index (χ1v) is 9.68. The summed E-state index contributed by atoms with van der Waals surface area (Å²) in [6.07, 6.45) is -1.77. The number of aliphatic hydroxyl groups is 1. The van der Waals surface area contributed by atoms with Gasteiger partial charge in [0.2, 0.25) is 5.76 Å². The highest BCUT2D eigenvalue weighted by atomic mass is 35.5. The summed E-state index contributed by atoms with van der Waals surface area (Å²) in [6.45, 7) is -0.471. The van der Waals surface area contributed by atoms with Crippen LogP contribution in [0.3, 0.4) is 0 Å². The number of hydrazine groups is 1. The van der Waals surface area contributed by atoms with Gasteiger partial charge in [0, 0.05) is 16.6 Å². The van der Waals surface area contributed by atoms with Gasteiger partial charge in [-0.15, -0.1) is 0 Å². The number of rotatable bonds is 8. The molecule has 0 fully saturated rings. The Bertz CT molecular complexity index is 1160. The number of carboxylic acids is 1. The molecular weight excluding hydrogens is 449 g/mol. The number of aromatic nitrogens is 1. The lowest BCUT2D eigenvalue weighted by molar-refractivity contribution is -0.148. The van der Waals surface area contributed by atoms with E-state index in [1.807, 2.05) is 17.3 Å². The Hall–Kier alpha value is -3.11. The second-order valence-corrected chi connectivity index (χ2v) is 7.41. The summed E-state index contributed by atoms with van der Waals surface area (Å²) in [6, 6.07) is 13.4. The number of carbonyl (C=O) groups is 2. The van der Waals surface area contributed by atoms with Crippen molar-refractivity contribution in [2.75, 3.05) is 6.54 Å². The highest BCUT2D eigenvalue weighted by Gasteiger charge is 2.22. The molecular formula is C20H17Cl2N3O6. The van der Waals surface area contributed by atoms with Gasteiger partial charge < -0.3 is 14.7 Å². The van der Waals surface area contributed by atoms with Crippen LogP contribution in [0.25, 0.3) is 11.1 Å². The molecule has 1 aromatic heterocycles. The molecule has 1 amide bonds. The van der Waals surface area contributed by atoms with Crippen molar-refractivity contribution in [1.82, 2.24) is 15.6 Å². The fourth-order valence-corrected chi connectivity index (χ4v) is 3.19. The van der Waals surface area contributed by atoms with E-state index in [9.17, 15) is 19.5 Å². The first-order valence-electron chi connectivity index (χ1n) is 8.92. The van der Waals surface area contributed by atoms with Gasteiger partial charge in [0.1, 0.15) is 0 Å². The van der Waals surface area contributed by atoms with Crippen LogP contribution in [-0.4, -0.2) is 44.9 Å². The van der Waals surface area contributed by atoms with E-state index in [4.69, 9.17) is 32.8 Å². The topological polar surface area (TPSA) is 136 Å². The lowest BCUT2D eigenvalue weighted by Crippen LogP contribution is -2.47. The molecule has 9 nitrogen and oxygen atoms in total. The summed E-state index contributed by atoms with van der Waals surface area (Å²) in [5, 5.41) is 22.8. The van der Waals surface area contributed by atoms with Gasteiger partial charge in [-0.05, 0) is 34.9 Å². The van der Waals surface area contributed by atoms with Gasteiger partial charge in [-0.3, -0.25) is 15.0 Å². The average Bonchev–Trinajstić information content (AvgIpc) is 3.15. The largest absolute Gasteiger partial charge is 0.479 e. The van der Waals surface area contributed by atoms with Crippen molar-refractivity contribution < 1.29 is 24.3 Å². The summed E-state index contributed by atoms with van der Waals surface area (Å²) in [5.41, 5.74) is 4.02. The van der Waals surface area contributed by atoms with Crippen LogP contribution >= 0.6 is 23.2 Å². The van der Waals surface area contributed by atoms with Crippen LogP contribution in [0, 0.1) is 0 Å². The number of H-pyrrole nitrogens is 1. The van der Waals surface area contributed by atoms with Crippen molar-refractivity contribution in [3.8, 4) is 11.1 Å². The quantitative estimate of drug-likeness (QED) is 0.375. The Kier molecular flexibility index (Phi) is 7.13. The van der Waals surface area contributed by atoms with Crippen molar-refractivity contribution in [1.29, 1.82) is 0 Å². The summed E-state index contributed by atoms with van der Waals surface area (Å²) in [7, 11) is 0. The van der Waals surface area contributed by atoms with Crippen LogP contribution in [0.2, 0.25) is 10.0 Å². The summed E-state index contributed by atoms with van der Waals surface area (Å²) < 4.78 is 4.74. The molecule has 1 atom stereocenters. The van der Waals surface area contributed by atoms with E-state index in [0.717, 1.165) is 22.2 Å². The number of carbonyl (C=O) groups excluding carboxylic acids is 1. The monoisotopic (exact) mass is 465 g/mol. The molecule has 0 saturated carbocycles. The second kappa shape index (κ2) is 9.80. The number of nitrogens with zero attached hydrogens (tertiary/aromatic N) is 1. The number of hydrogen-bond acceptors (Lipinski definition) is 6. The van der Waals surface area contributed by atoms with Crippen LogP contribution in [0.1, 0.15) is 16.1 Å². The van der Waals surface area contributed by atoms with Crippen molar-refractivity contribution in [3.63, 3.8) is 0 Å². The molecule has 3 aromatic rings. The Morgan fingerprint density at radius 2 is 1.87 bits per heavy atom. The zero-order valence-electron chi connectivity index (χ0n) is 15.8. The Balaban J connectivity index is 1.81. The maximum atomic E-state index is 12.3. The molecule has 31 heavy (non-hydrogen) atoms. The molecule has 0 spiro atoms. The smallest absolute Gasteiger partial charge is 0.333 e. The third kappa shape index (κ3) is 5.96. The molecule has 0 aliphatic heterocycles. The van der Waals surface area contributed by atoms with Gasteiger partial charge >= 0.3 is 11.9 Å². The van der Waals surface area contributed by atoms with E-state index in [2.05, 4.69) is 5.43 Å². The number of aromatic amines is 1. The number of aliphatic hydroxyl groups excluding tert-OH is 1. The average molecular weight is 466 g/mol. The van der Waals surface area contributed by atoms with Crippen molar-refractivity contribution in [2.45, 2.75) is 12.6 Å². The van der Waals surface area contributed by atoms with E-state index in [0.29, 0.717) is 15.6 Å². The van der Waals surface area contributed by atoms with Crippen LogP contribution in [0.4, 0.5) is 0 Å². The minimum atomic E-state index is -1.77. The third-order valence-corrected chi connectivity index (χ3v) is 4.84. The van der Waals surface area contributed by atoms with Gasteiger partial charge in [0.05, 0.1) is 12.6 Å². The molecule has 4 N–H and O–H groups in total. The van der Waals surface area contributed by atoms with E-state index < -0.39 is 30.1 Å². The van der Waals surface area contributed by atoms with E-state index >= 15 is 0 Å². The lowest BCUT2D eigenvalue weighted by Gasteiger charge is -2.24. The molecule has 162 valence electrons. The molecule has 0 bridgehead atoms. The van der Waals surface area contributed by atoms with E-state index in [1.54, 1.807) is 30.3 Å². The molecule has 1 heterocycles. The van der Waals surface area contributed by atoms with Crippen LogP contribution in [-0.2, 0) is 11.3 Å². The number of hydrogen-bond donors (Lipinski definition) is 4. The molecule has 0 aliphatic carbocycles. The molecule has 0 radical (unpaired) electrons. The molecule has 11 heteroatoms. The number of halogens is 2. The molecule has 2 aromatic carbocycles. The number of aliphatic carboxylic acids is 1. The van der Waals surface area contributed by atoms with Crippen LogP contribution < -0.4 is 11.0 Å². The highest BCUT2D eigenvalue weighted by molar-refractivity contribution is 6.32. The van der Waals surface area contributed by atoms with Crippen molar-refractivity contribution >= 4 is 35.1 Å². The fraction of sp³-hybridized carbons (Fsp3) is 0.150. The minimum absolute atomic E-state index is 0.0284. The van der Waals surface area contributed by atoms with E-state index in [-0.39, 0.29) is 12.3 Å². The molecule has 0 saturated heterocycles. The summed E-state index contributed by atoms with van der Waals surface area (Å²) >= 11 is 12.4. The lowest BCUT2D eigenvalue weighted by atomic mass is 10.0. The standard InChI is InChI=1S/C20H17Cl2N3O6/c21-14-3-1-2-11(6-14)12-4-5-13(15(22)7-12)9-25(10-16(26)20(29)30)23-19(28)17-8-18(27)24-31-17/h1-8,16,26H,9-10H2,(H,23,28)(H,24,27)(H,29,30)/t16-/m1/s1. The van der Waals surface area contributed by atoms with E-state index in [1.165, 1.54) is 0 Å². The first kappa shape index (κ1) is 22.6. The molecule has 3 rings (SSSR count). The summed E-state index contributed by atoms with van der Waals surface area (Å²) in [5.74, 6) is -2.57. The number of carboxylic acid groups (broad SMARTS) is 1. The predicted octanol–water partition coefficient (Wildman–Crippen LogP) is 2.53. The van der Waals surface area contributed by atoms with Crippen molar-refractivity contribution in [2.24, 2.45) is 0 Å². The maximum Gasteiger partial charge on any atom is 0.333 e. The second-order valence-electron chi connectivity index (χ2n) is 6.57. The Labute approximate surface area is 185 Å². The van der Waals surface area contributed by atoms with Gasteiger partial charge in [-0.25, -0.2) is 9.80 Å². The first-order chi connectivity index (χ1) is 14.7. The van der Waals surface area contributed by atoms with Gasteiger partial charge in [-0.1, -0.05) is 47.5 Å². The normalized spacial score (nSPS) is 12.0. The predicted molar refractivity (Wildman–Crippen MR) is 113 cm³/mol. The van der Waals surface area contributed by atoms with Crippen molar-refractivity contribution in [3.05, 3.63) is 80.3 Å². The Morgan fingerprint density at radius 3 is 2.48 bits per heavy atom. The fourth-order valence-electron chi connectivity index (χ4n) is 2.76. The Morgan fingerprint density at radius 1 is 1.13 bits per heavy atom. The number of benzene rings is 2. The zero-order valence-corrected chi connectivity index (χ0v) is 17.4. The van der Waals surface area contributed by atoms with Gasteiger partial charge in [0.25, 0.3) is 5.56 Å². The third-order valence-electron chi connectivity index (χ3n) is 4.26. The van der Waals surface area contributed by atoms with Crippen LogP contribution in [0.5, 0.6) is 0 Å². The van der Waals surface area contributed by atoms with Gasteiger partial charge in [-0.2, -0.15) is 5.16 Å². The SMILES string of the molecule is O=C(NN(Cc1ccc(-c2cccc(Cl)c2)cc1Cl)C[C@@H](O)C(=O)O)c1cc(=O)[nH]o1. The maximum absolute atomic E-state index is 12.3. The molecule has 0 unspecified atom stereocenters. The summed E-state index contributed by atoms with van der Waals surface area (Å²) in [4.78, 5) is 34.5. The zero-order chi connectivity index (χ0) is 22.5. The molecule has 0 aliphatic rings. The minimum Gasteiger partial charge on any atom is -0.479 e.